The Labute approximate surface area is 218 Å². The maximum atomic E-state index is 13.1. The fourth-order valence-corrected chi connectivity index (χ4v) is 5.28. The summed E-state index contributed by atoms with van der Waals surface area (Å²) < 4.78 is 10.3. The molecule has 2 aliphatic carbocycles. The van der Waals surface area contributed by atoms with Crippen molar-refractivity contribution in [2.45, 2.75) is 50.5 Å². The Hall–Kier alpha value is -3.35. The van der Waals surface area contributed by atoms with Crippen LogP contribution in [-0.4, -0.2) is 81.5 Å². The molecule has 0 aromatic heterocycles. The second kappa shape index (κ2) is 10.8. The van der Waals surface area contributed by atoms with E-state index in [0.29, 0.717) is 6.61 Å². The topological polar surface area (TPSA) is 197 Å². The molecule has 1 saturated heterocycles. The van der Waals surface area contributed by atoms with Crippen LogP contribution < -0.4 is 10.5 Å². The third-order valence-corrected chi connectivity index (χ3v) is 7.42. The number of Topliss-reactive ketones (excluding diaryl/α,β-unsaturated/α-hetero) is 1. The molecule has 2 aromatic rings. The van der Waals surface area contributed by atoms with E-state index in [9.17, 15) is 34.8 Å². The first kappa shape index (κ1) is 27.7. The number of methoxy groups -OCH3 is 1. The first-order valence-corrected chi connectivity index (χ1v) is 12.3. The van der Waals surface area contributed by atoms with Crippen LogP contribution in [-0.2, 0) is 16.0 Å². The molecule has 11 heteroatoms. The Balaban J connectivity index is 0.000000317. The predicted octanol–water partition coefficient (Wildman–Crippen LogP) is 0.522. The van der Waals surface area contributed by atoms with Crippen LogP contribution in [0.2, 0.25) is 0 Å². The molecule has 5 atom stereocenters. The monoisotopic (exact) mass is 529 g/mol. The SMILES string of the molecule is CC1OCCC(N)C1O.COc1cccc2c1C(=O)c1c(O)c3c(c(O)c1C2=O)CC(C(=O)CO)C[C@@H]3O. The zero-order valence-electron chi connectivity index (χ0n) is 21.0. The van der Waals surface area contributed by atoms with Crippen molar-refractivity contribution in [1.29, 1.82) is 0 Å². The number of fused-ring (bicyclic) bond motifs is 3. The summed E-state index contributed by atoms with van der Waals surface area (Å²) >= 11 is 0. The van der Waals surface area contributed by atoms with Gasteiger partial charge in [0.15, 0.2) is 11.6 Å². The number of ether oxygens (including phenoxy) is 2. The smallest absolute Gasteiger partial charge is 0.202 e. The van der Waals surface area contributed by atoms with Gasteiger partial charge >= 0.3 is 0 Å². The molecule has 2 aromatic carbocycles. The molecule has 11 nitrogen and oxygen atoms in total. The second-order valence-corrected chi connectivity index (χ2v) is 9.68. The Morgan fingerprint density at radius 2 is 1.79 bits per heavy atom. The molecule has 1 aliphatic heterocycles. The molecular formula is C27H31NO10. The van der Waals surface area contributed by atoms with Crippen LogP contribution in [0.3, 0.4) is 0 Å². The molecule has 1 heterocycles. The van der Waals surface area contributed by atoms with E-state index in [0.717, 1.165) is 6.42 Å². The van der Waals surface area contributed by atoms with E-state index in [1.807, 2.05) is 6.92 Å². The van der Waals surface area contributed by atoms with Crippen molar-refractivity contribution in [2.75, 3.05) is 20.3 Å². The summed E-state index contributed by atoms with van der Waals surface area (Å²) in [6.07, 6.45) is -1.30. The van der Waals surface area contributed by atoms with E-state index in [-0.39, 0.29) is 58.6 Å². The van der Waals surface area contributed by atoms with Crippen molar-refractivity contribution < 1.29 is 49.4 Å². The normalized spacial score (nSPS) is 25.9. The molecule has 204 valence electrons. The number of hydrogen-bond acceptors (Lipinski definition) is 11. The Morgan fingerprint density at radius 1 is 1.11 bits per heavy atom. The number of aromatic hydroxyl groups is 2. The van der Waals surface area contributed by atoms with Crippen LogP contribution in [0.5, 0.6) is 17.2 Å². The summed E-state index contributed by atoms with van der Waals surface area (Å²) in [5.74, 6) is -3.68. The third-order valence-electron chi connectivity index (χ3n) is 7.42. The Kier molecular flexibility index (Phi) is 7.86. The van der Waals surface area contributed by atoms with E-state index < -0.39 is 59.1 Å². The van der Waals surface area contributed by atoms with Crippen molar-refractivity contribution in [1.82, 2.24) is 0 Å². The van der Waals surface area contributed by atoms with Gasteiger partial charge in [-0.15, -0.1) is 0 Å². The third kappa shape index (κ3) is 4.56. The number of carbonyl (C=O) groups excluding carboxylic acids is 3. The van der Waals surface area contributed by atoms with Gasteiger partial charge in [-0.2, -0.15) is 0 Å². The maximum Gasteiger partial charge on any atom is 0.202 e. The molecule has 0 amide bonds. The number of hydrogen-bond donors (Lipinski definition) is 6. The number of rotatable bonds is 3. The average molecular weight is 530 g/mol. The van der Waals surface area contributed by atoms with E-state index in [2.05, 4.69) is 0 Å². The minimum Gasteiger partial charge on any atom is -0.507 e. The van der Waals surface area contributed by atoms with Gasteiger partial charge in [-0.05, 0) is 32.3 Å². The lowest BCUT2D eigenvalue weighted by atomic mass is 9.74. The van der Waals surface area contributed by atoms with Crippen LogP contribution in [0.25, 0.3) is 0 Å². The highest BCUT2D eigenvalue weighted by molar-refractivity contribution is 6.31. The summed E-state index contributed by atoms with van der Waals surface area (Å²) in [7, 11) is 1.34. The molecule has 7 N–H and O–H groups in total. The summed E-state index contributed by atoms with van der Waals surface area (Å²) in [5, 5.41) is 50.5. The minimum absolute atomic E-state index is 0.0239. The molecule has 4 unspecified atom stereocenters. The zero-order valence-corrected chi connectivity index (χ0v) is 21.0. The number of ketones is 3. The average Bonchev–Trinajstić information content (AvgIpc) is 2.91. The first-order valence-electron chi connectivity index (χ1n) is 12.3. The van der Waals surface area contributed by atoms with Crippen molar-refractivity contribution in [3.8, 4) is 17.2 Å². The molecule has 0 radical (unpaired) electrons. The van der Waals surface area contributed by atoms with Crippen LogP contribution in [0, 0.1) is 5.92 Å². The highest BCUT2D eigenvalue weighted by atomic mass is 16.5. The Bertz CT molecular complexity index is 1280. The van der Waals surface area contributed by atoms with E-state index >= 15 is 0 Å². The van der Waals surface area contributed by atoms with Gasteiger partial charge in [0.05, 0.1) is 42.1 Å². The molecule has 38 heavy (non-hydrogen) atoms. The minimum atomic E-state index is -1.35. The lowest BCUT2D eigenvalue weighted by Gasteiger charge is -2.32. The number of aliphatic hydroxyl groups is 3. The fraction of sp³-hybridized carbons (Fsp3) is 0.444. The predicted molar refractivity (Wildman–Crippen MR) is 133 cm³/mol. The highest BCUT2D eigenvalue weighted by Gasteiger charge is 2.43. The largest absolute Gasteiger partial charge is 0.507 e. The zero-order chi connectivity index (χ0) is 27.9. The van der Waals surface area contributed by atoms with Crippen LogP contribution in [0.15, 0.2) is 18.2 Å². The molecule has 1 fully saturated rings. The fourth-order valence-electron chi connectivity index (χ4n) is 5.28. The van der Waals surface area contributed by atoms with Gasteiger partial charge < -0.3 is 40.7 Å². The van der Waals surface area contributed by atoms with Crippen molar-refractivity contribution >= 4 is 17.3 Å². The van der Waals surface area contributed by atoms with E-state index in [1.165, 1.54) is 25.3 Å². The van der Waals surface area contributed by atoms with E-state index in [1.54, 1.807) is 0 Å². The van der Waals surface area contributed by atoms with Gasteiger partial charge in [-0.25, -0.2) is 0 Å². The van der Waals surface area contributed by atoms with Crippen LogP contribution in [0.1, 0.15) is 68.8 Å². The highest BCUT2D eigenvalue weighted by Crippen LogP contribution is 2.50. The molecule has 0 bridgehead atoms. The maximum absolute atomic E-state index is 13.1. The molecule has 0 spiro atoms. The van der Waals surface area contributed by atoms with Crippen LogP contribution in [0.4, 0.5) is 0 Å². The number of nitrogens with two attached hydrogens (primary N) is 1. The van der Waals surface area contributed by atoms with Crippen molar-refractivity contribution in [3.63, 3.8) is 0 Å². The lowest BCUT2D eigenvalue weighted by Crippen LogP contribution is -2.47. The van der Waals surface area contributed by atoms with Gasteiger partial charge in [0.25, 0.3) is 0 Å². The number of carbonyl (C=O) groups is 3. The molecule has 5 rings (SSSR count). The lowest BCUT2D eigenvalue weighted by molar-refractivity contribution is -0.127. The number of phenols is 2. The summed E-state index contributed by atoms with van der Waals surface area (Å²) in [5.41, 5.74) is 4.72. The van der Waals surface area contributed by atoms with Gasteiger partial charge in [0.1, 0.15) is 23.9 Å². The van der Waals surface area contributed by atoms with Gasteiger partial charge in [-0.1, -0.05) is 12.1 Å². The van der Waals surface area contributed by atoms with Crippen LogP contribution >= 0.6 is 0 Å². The number of benzene rings is 2. The van der Waals surface area contributed by atoms with Gasteiger partial charge in [0, 0.05) is 35.3 Å². The standard InChI is InChI=1S/C21H18O8.C6H13NO2/c1-29-13-4-2-3-9-15(13)21(28)17-16(18(9)25)19(26)10-5-8(12(24)7-22)6-11(23)14(10)20(17)27;1-4-6(8)5(7)2-3-9-4/h2-4,8,11,22-23,26-27H,5-7H2,1H3;4-6,8H,2-3,7H2,1H3/t8?,11-;/m0./s1. The van der Waals surface area contributed by atoms with Gasteiger partial charge in [-0.3, -0.25) is 14.4 Å². The van der Waals surface area contributed by atoms with Gasteiger partial charge in [0.2, 0.25) is 5.78 Å². The van der Waals surface area contributed by atoms with Crippen molar-refractivity contribution in [3.05, 3.63) is 51.6 Å². The number of aliphatic hydroxyl groups excluding tert-OH is 3. The Morgan fingerprint density at radius 3 is 2.39 bits per heavy atom. The molecular weight excluding hydrogens is 498 g/mol. The van der Waals surface area contributed by atoms with E-state index in [4.69, 9.17) is 20.3 Å². The quantitative estimate of drug-likeness (QED) is 0.259. The van der Waals surface area contributed by atoms with Crippen molar-refractivity contribution in [2.24, 2.45) is 11.7 Å². The second-order valence-electron chi connectivity index (χ2n) is 9.68. The molecule has 3 aliphatic rings. The summed E-state index contributed by atoms with van der Waals surface area (Å²) in [6, 6.07) is 4.37. The first-order chi connectivity index (χ1) is 18.0. The summed E-state index contributed by atoms with van der Waals surface area (Å²) in [4.78, 5) is 38.1. The summed E-state index contributed by atoms with van der Waals surface area (Å²) in [6.45, 7) is 1.79. The molecule has 0 saturated carbocycles. The number of phenolic OH excluding ortho intramolecular Hbond substituents is 2.